The largest absolute Gasteiger partial charge is 0.303 e. The third-order valence-electron chi connectivity index (χ3n) is 1.43. The number of allylic oxidation sites excluding steroid dienone is 1. The summed E-state index contributed by atoms with van der Waals surface area (Å²) in [5.74, 6) is 0. The van der Waals surface area contributed by atoms with Crippen LogP contribution in [0.5, 0.6) is 0 Å². The van der Waals surface area contributed by atoms with Crippen molar-refractivity contribution < 1.29 is 4.79 Å². The minimum atomic E-state index is 0.454. The SMILES string of the molecule is Cc1cccc(C=CCC=O)n1. The molecule has 0 aliphatic heterocycles. The smallest absolute Gasteiger partial charge is 0.123 e. The van der Waals surface area contributed by atoms with Crippen LogP contribution in [0, 0.1) is 6.92 Å². The highest BCUT2D eigenvalue weighted by molar-refractivity contribution is 5.56. The van der Waals surface area contributed by atoms with Gasteiger partial charge in [0.15, 0.2) is 0 Å². The van der Waals surface area contributed by atoms with Crippen LogP contribution in [0.15, 0.2) is 24.3 Å². The number of hydrogen-bond donors (Lipinski definition) is 0. The number of carbonyl (C=O) groups is 1. The first-order valence-corrected chi connectivity index (χ1v) is 3.87. The van der Waals surface area contributed by atoms with Crippen LogP contribution in [-0.2, 0) is 4.79 Å². The van der Waals surface area contributed by atoms with Crippen molar-refractivity contribution in [3.63, 3.8) is 0 Å². The fraction of sp³-hybridized carbons (Fsp3) is 0.200. The van der Waals surface area contributed by atoms with Crippen molar-refractivity contribution in [2.75, 3.05) is 0 Å². The Hall–Kier alpha value is -1.44. The van der Waals surface area contributed by atoms with Crippen molar-refractivity contribution in [2.24, 2.45) is 0 Å². The maximum Gasteiger partial charge on any atom is 0.123 e. The molecule has 1 rings (SSSR count). The highest BCUT2D eigenvalue weighted by Gasteiger charge is 1.87. The van der Waals surface area contributed by atoms with E-state index in [0.29, 0.717) is 6.42 Å². The highest BCUT2D eigenvalue weighted by atomic mass is 16.1. The molecular formula is C10H11NO. The number of aryl methyl sites for hydroxylation is 1. The van der Waals surface area contributed by atoms with Crippen molar-refractivity contribution in [1.82, 2.24) is 4.98 Å². The molecule has 0 saturated carbocycles. The minimum absolute atomic E-state index is 0.454. The summed E-state index contributed by atoms with van der Waals surface area (Å²) in [7, 11) is 0. The number of aromatic nitrogens is 1. The molecule has 0 bridgehead atoms. The Balaban J connectivity index is 2.69. The van der Waals surface area contributed by atoms with Gasteiger partial charge in [-0.25, -0.2) is 0 Å². The van der Waals surface area contributed by atoms with E-state index in [9.17, 15) is 4.79 Å². The van der Waals surface area contributed by atoms with E-state index in [1.54, 1.807) is 6.08 Å². The number of nitrogens with zero attached hydrogens (tertiary/aromatic N) is 1. The van der Waals surface area contributed by atoms with Crippen LogP contribution in [-0.4, -0.2) is 11.3 Å². The molecule has 2 heteroatoms. The molecule has 0 amide bonds. The average Bonchev–Trinajstić information content (AvgIpc) is 2.05. The molecule has 1 heterocycles. The Morgan fingerprint density at radius 2 is 2.33 bits per heavy atom. The number of hydrogen-bond acceptors (Lipinski definition) is 2. The van der Waals surface area contributed by atoms with E-state index >= 15 is 0 Å². The van der Waals surface area contributed by atoms with Gasteiger partial charge in [-0.1, -0.05) is 12.1 Å². The second kappa shape index (κ2) is 4.44. The first kappa shape index (κ1) is 8.65. The van der Waals surface area contributed by atoms with Crippen LogP contribution in [0.4, 0.5) is 0 Å². The van der Waals surface area contributed by atoms with Gasteiger partial charge in [0.1, 0.15) is 6.29 Å². The second-order valence-electron chi connectivity index (χ2n) is 2.51. The summed E-state index contributed by atoms with van der Waals surface area (Å²) in [6.45, 7) is 1.94. The summed E-state index contributed by atoms with van der Waals surface area (Å²) < 4.78 is 0. The standard InChI is InChI=1S/C10H11NO/c1-9-5-4-7-10(11-9)6-2-3-8-12/h2,4-8H,3H2,1H3. The van der Waals surface area contributed by atoms with Gasteiger partial charge in [-0.05, 0) is 25.1 Å². The summed E-state index contributed by atoms with van der Waals surface area (Å²) in [6.07, 6.45) is 4.97. The monoisotopic (exact) mass is 161 g/mol. The van der Waals surface area contributed by atoms with Crippen molar-refractivity contribution in [3.8, 4) is 0 Å². The minimum Gasteiger partial charge on any atom is -0.303 e. The van der Waals surface area contributed by atoms with Crippen molar-refractivity contribution in [3.05, 3.63) is 35.7 Å². The number of rotatable bonds is 3. The third-order valence-corrected chi connectivity index (χ3v) is 1.43. The fourth-order valence-electron chi connectivity index (χ4n) is 0.901. The highest BCUT2D eigenvalue weighted by Crippen LogP contribution is 2.00. The Kier molecular flexibility index (Phi) is 3.20. The number of aldehydes is 1. The zero-order valence-electron chi connectivity index (χ0n) is 7.03. The molecule has 1 aromatic heterocycles. The van der Waals surface area contributed by atoms with Gasteiger partial charge in [0.25, 0.3) is 0 Å². The van der Waals surface area contributed by atoms with Gasteiger partial charge in [-0.15, -0.1) is 0 Å². The predicted molar refractivity (Wildman–Crippen MR) is 48.7 cm³/mol. The lowest BCUT2D eigenvalue weighted by atomic mass is 10.3. The van der Waals surface area contributed by atoms with E-state index < -0.39 is 0 Å². The van der Waals surface area contributed by atoms with Crippen LogP contribution in [0.3, 0.4) is 0 Å². The maximum absolute atomic E-state index is 9.99. The van der Waals surface area contributed by atoms with Gasteiger partial charge >= 0.3 is 0 Å². The van der Waals surface area contributed by atoms with E-state index in [1.807, 2.05) is 31.2 Å². The lowest BCUT2D eigenvalue weighted by Gasteiger charge is -1.93. The summed E-state index contributed by atoms with van der Waals surface area (Å²) in [4.78, 5) is 14.2. The topological polar surface area (TPSA) is 30.0 Å². The van der Waals surface area contributed by atoms with Gasteiger partial charge < -0.3 is 4.79 Å². The van der Waals surface area contributed by atoms with Gasteiger partial charge in [0, 0.05) is 12.1 Å². The van der Waals surface area contributed by atoms with Crippen molar-refractivity contribution in [1.29, 1.82) is 0 Å². The molecule has 0 fully saturated rings. The summed E-state index contributed by atoms with van der Waals surface area (Å²) in [5.41, 5.74) is 1.89. The lowest BCUT2D eigenvalue weighted by Crippen LogP contribution is -1.83. The molecule has 0 saturated heterocycles. The maximum atomic E-state index is 9.99. The molecule has 0 N–H and O–H groups in total. The molecule has 0 aliphatic rings. The van der Waals surface area contributed by atoms with E-state index in [0.717, 1.165) is 17.7 Å². The van der Waals surface area contributed by atoms with Crippen LogP contribution >= 0.6 is 0 Å². The summed E-state index contributed by atoms with van der Waals surface area (Å²) >= 11 is 0. The first-order valence-electron chi connectivity index (χ1n) is 3.87. The average molecular weight is 161 g/mol. The van der Waals surface area contributed by atoms with Crippen LogP contribution in [0.1, 0.15) is 17.8 Å². The molecule has 0 aromatic carbocycles. The second-order valence-corrected chi connectivity index (χ2v) is 2.51. The van der Waals surface area contributed by atoms with Gasteiger partial charge in [0.2, 0.25) is 0 Å². The Labute approximate surface area is 71.9 Å². The molecule has 0 radical (unpaired) electrons. The van der Waals surface area contributed by atoms with Gasteiger partial charge in [-0.3, -0.25) is 4.98 Å². The Morgan fingerprint density at radius 3 is 3.00 bits per heavy atom. The van der Waals surface area contributed by atoms with E-state index in [1.165, 1.54) is 0 Å². The summed E-state index contributed by atoms with van der Waals surface area (Å²) in [6, 6.07) is 5.80. The van der Waals surface area contributed by atoms with E-state index in [4.69, 9.17) is 0 Å². The number of carbonyl (C=O) groups excluding carboxylic acids is 1. The molecule has 62 valence electrons. The quantitative estimate of drug-likeness (QED) is 0.634. The van der Waals surface area contributed by atoms with Crippen LogP contribution in [0.25, 0.3) is 6.08 Å². The molecule has 0 atom stereocenters. The predicted octanol–water partition coefficient (Wildman–Crippen LogP) is 1.99. The third kappa shape index (κ3) is 2.66. The van der Waals surface area contributed by atoms with Crippen molar-refractivity contribution >= 4 is 12.4 Å². The Bertz CT molecular complexity index is 292. The zero-order chi connectivity index (χ0) is 8.81. The first-order chi connectivity index (χ1) is 5.83. The molecule has 1 aromatic rings. The van der Waals surface area contributed by atoms with Gasteiger partial charge in [-0.2, -0.15) is 0 Å². The van der Waals surface area contributed by atoms with E-state index in [2.05, 4.69) is 4.98 Å². The zero-order valence-corrected chi connectivity index (χ0v) is 7.03. The van der Waals surface area contributed by atoms with Crippen LogP contribution in [0.2, 0.25) is 0 Å². The lowest BCUT2D eigenvalue weighted by molar-refractivity contribution is -0.107. The van der Waals surface area contributed by atoms with Crippen molar-refractivity contribution in [2.45, 2.75) is 13.3 Å². The van der Waals surface area contributed by atoms with E-state index in [-0.39, 0.29) is 0 Å². The molecule has 0 spiro atoms. The molecule has 2 nitrogen and oxygen atoms in total. The number of pyridine rings is 1. The molecule has 12 heavy (non-hydrogen) atoms. The molecule has 0 aliphatic carbocycles. The van der Waals surface area contributed by atoms with Crippen LogP contribution < -0.4 is 0 Å². The molecule has 0 unspecified atom stereocenters. The molecular weight excluding hydrogens is 150 g/mol. The Morgan fingerprint density at radius 1 is 1.50 bits per heavy atom. The summed E-state index contributed by atoms with van der Waals surface area (Å²) in [5, 5.41) is 0. The van der Waals surface area contributed by atoms with Gasteiger partial charge in [0.05, 0.1) is 5.69 Å². The normalized spacial score (nSPS) is 10.4. The fourth-order valence-corrected chi connectivity index (χ4v) is 0.901.